The summed E-state index contributed by atoms with van der Waals surface area (Å²) in [4.78, 5) is 9.25. The van der Waals surface area contributed by atoms with E-state index in [1.807, 2.05) is 6.08 Å². The first-order valence-electron chi connectivity index (χ1n) is 4.14. The van der Waals surface area contributed by atoms with E-state index in [-0.39, 0.29) is 0 Å². The molecule has 0 aliphatic rings. The van der Waals surface area contributed by atoms with Crippen LogP contribution in [0.5, 0.6) is 0 Å². The summed E-state index contributed by atoms with van der Waals surface area (Å²) in [6.07, 6.45) is 2.70. The minimum absolute atomic E-state index is 0.833. The summed E-state index contributed by atoms with van der Waals surface area (Å²) in [5, 5.41) is 7.60. The summed E-state index contributed by atoms with van der Waals surface area (Å²) in [5.41, 5.74) is 1.20. The van der Waals surface area contributed by atoms with Crippen molar-refractivity contribution in [3.05, 3.63) is 49.1 Å². The van der Waals surface area contributed by atoms with Gasteiger partial charge in [0, 0.05) is 6.08 Å². The van der Waals surface area contributed by atoms with Gasteiger partial charge in [-0.1, -0.05) is 6.58 Å². The van der Waals surface area contributed by atoms with E-state index in [1.54, 1.807) is 0 Å². The van der Waals surface area contributed by atoms with E-state index in [9.17, 15) is 4.79 Å². The van der Waals surface area contributed by atoms with Crippen LogP contribution in [0.1, 0.15) is 5.56 Å². The number of benzene rings is 1. The molecule has 0 radical (unpaired) electrons. The van der Waals surface area contributed by atoms with Crippen LogP contribution >= 0.6 is 0 Å². The van der Waals surface area contributed by atoms with Crippen LogP contribution in [0, 0.1) is 0 Å². The van der Waals surface area contributed by atoms with Gasteiger partial charge in [0.15, 0.2) is 0 Å². The number of rotatable bonds is 2. The fourth-order valence-electron chi connectivity index (χ4n) is 0.703. The average Bonchev–Trinajstić information content (AvgIpc) is 2.20. The van der Waals surface area contributed by atoms with Gasteiger partial charge < -0.3 is 5.11 Å². The molecule has 0 atom stereocenters. The van der Waals surface area contributed by atoms with Gasteiger partial charge in [0.2, 0.25) is 0 Å². The second kappa shape index (κ2) is 7.56. The van der Waals surface area contributed by atoms with E-state index in [2.05, 4.69) is 37.4 Å². The van der Waals surface area contributed by atoms with Gasteiger partial charge >= 0.3 is 79.2 Å². The van der Waals surface area contributed by atoms with E-state index in [0.29, 0.717) is 0 Å². The Labute approximate surface area is 101 Å². The molecule has 0 spiro atoms. The number of carboxylic acid groups (broad SMARTS) is 1. The molecule has 0 unspecified atom stereocenters. The van der Waals surface area contributed by atoms with Crippen molar-refractivity contribution in [3.63, 3.8) is 0 Å². The second-order valence-corrected chi connectivity index (χ2v) is 3.81. The number of carbonyl (C=O) groups is 1. The van der Waals surface area contributed by atoms with Crippen molar-refractivity contribution in [2.24, 2.45) is 0 Å². The molecule has 0 bridgehead atoms. The monoisotopic (exact) mass is 198 g/mol. The molecule has 0 aliphatic carbocycles. The summed E-state index contributed by atoms with van der Waals surface area (Å²) < 4.78 is 1.43. The Morgan fingerprint density at radius 2 is 1.71 bits per heavy atom. The molecule has 0 fully saturated rings. The molecule has 0 heterocycles. The Morgan fingerprint density at radius 3 is 2.00 bits per heavy atom. The molecular weight excluding hydrogens is 187 g/mol. The number of aliphatic carboxylic acids is 1. The Bertz CT molecular complexity index is 315. The van der Waals surface area contributed by atoms with Crippen molar-refractivity contribution in [3.8, 4) is 0 Å². The first-order valence-corrected chi connectivity index (χ1v) is 5.14. The molecule has 1 N–H and O–H groups in total. The topological polar surface area (TPSA) is 37.3 Å². The van der Waals surface area contributed by atoms with Crippen LogP contribution in [0.15, 0.2) is 43.5 Å². The molecule has 0 amide bonds. The minimum atomic E-state index is -0.981. The molecule has 0 saturated heterocycles. The Kier molecular flexibility index (Phi) is 7.11. The summed E-state index contributed by atoms with van der Waals surface area (Å²) in [6.45, 7) is 6.63. The SMILES string of the molecule is C=CC(=O)O.C=Cc1cc[c]([Na])cc1. The van der Waals surface area contributed by atoms with E-state index in [0.717, 1.165) is 34.0 Å². The maximum atomic E-state index is 9.25. The van der Waals surface area contributed by atoms with Crippen LogP contribution in [0.25, 0.3) is 6.08 Å². The van der Waals surface area contributed by atoms with Crippen LogP contribution in [0.2, 0.25) is 0 Å². The first kappa shape index (κ1) is 13.2. The van der Waals surface area contributed by atoms with Crippen molar-refractivity contribution in [2.75, 3.05) is 0 Å². The summed E-state index contributed by atoms with van der Waals surface area (Å²) in [7, 11) is 0. The molecule has 2 nitrogen and oxygen atoms in total. The van der Waals surface area contributed by atoms with E-state index in [1.165, 1.54) is 8.38 Å². The summed E-state index contributed by atoms with van der Waals surface area (Å²) in [6, 6.07) is 8.47. The number of carboxylic acids is 1. The van der Waals surface area contributed by atoms with Crippen LogP contribution in [0.4, 0.5) is 0 Å². The summed E-state index contributed by atoms with van der Waals surface area (Å²) >= 11 is 1.14. The average molecular weight is 198 g/mol. The van der Waals surface area contributed by atoms with Crippen LogP contribution in [-0.4, -0.2) is 39.0 Å². The molecule has 1 rings (SSSR count). The van der Waals surface area contributed by atoms with Crippen molar-refractivity contribution >= 4 is 42.8 Å². The molecule has 0 aliphatic heterocycles. The van der Waals surface area contributed by atoms with Gasteiger partial charge in [-0.15, -0.1) is 0 Å². The fourth-order valence-corrected chi connectivity index (χ4v) is 1.04. The summed E-state index contributed by atoms with van der Waals surface area (Å²) in [5.74, 6) is -0.981. The van der Waals surface area contributed by atoms with Crippen molar-refractivity contribution in [2.45, 2.75) is 0 Å². The molecule has 1 aromatic carbocycles. The van der Waals surface area contributed by atoms with Crippen LogP contribution < -0.4 is 2.81 Å². The van der Waals surface area contributed by atoms with Crippen molar-refractivity contribution in [1.29, 1.82) is 0 Å². The molecule has 0 saturated carbocycles. The normalized spacial score (nSPS) is 8.14. The molecule has 3 heteroatoms. The van der Waals surface area contributed by atoms with E-state index in [4.69, 9.17) is 5.11 Å². The van der Waals surface area contributed by atoms with Gasteiger partial charge in [0.05, 0.1) is 0 Å². The third kappa shape index (κ3) is 6.66. The predicted molar refractivity (Wildman–Crippen MR) is 59.8 cm³/mol. The van der Waals surface area contributed by atoms with Crippen LogP contribution in [0.3, 0.4) is 0 Å². The molecule has 14 heavy (non-hydrogen) atoms. The zero-order valence-corrected chi connectivity index (χ0v) is 10.2. The van der Waals surface area contributed by atoms with Crippen LogP contribution in [-0.2, 0) is 4.79 Å². The number of hydrogen-bond donors (Lipinski definition) is 1. The standard InChI is InChI=1S/C8H7.C3H4O2.Na/c1-2-8-6-4-3-5-7-8;1-2-3(4)5;/h2,4-7H,1H2;2H,1H2,(H,4,5);. The second-order valence-electron chi connectivity index (χ2n) is 2.66. The zero-order chi connectivity index (χ0) is 11.0. The third-order valence-electron chi connectivity index (χ3n) is 1.49. The molecule has 1 aromatic rings. The first-order chi connectivity index (χ1) is 6.60. The Balaban J connectivity index is 0.000000292. The van der Waals surface area contributed by atoms with Crippen molar-refractivity contribution in [1.82, 2.24) is 0 Å². The van der Waals surface area contributed by atoms with Gasteiger partial charge in [0.25, 0.3) is 0 Å². The van der Waals surface area contributed by atoms with Gasteiger partial charge in [0.1, 0.15) is 0 Å². The molecular formula is C11H11NaO2. The zero-order valence-electron chi connectivity index (χ0n) is 8.23. The molecule has 0 aromatic heterocycles. The molecule has 68 valence electrons. The van der Waals surface area contributed by atoms with Crippen molar-refractivity contribution < 1.29 is 9.90 Å². The fraction of sp³-hybridized carbons (Fsp3) is 0. The van der Waals surface area contributed by atoms with Gasteiger partial charge in [-0.3, -0.25) is 0 Å². The number of hydrogen-bond acceptors (Lipinski definition) is 1. The predicted octanol–water partition coefficient (Wildman–Crippen LogP) is 1.38. The van der Waals surface area contributed by atoms with E-state index < -0.39 is 5.97 Å². The van der Waals surface area contributed by atoms with Gasteiger partial charge in [-0.25, -0.2) is 4.79 Å². The maximum absolute atomic E-state index is 9.25. The van der Waals surface area contributed by atoms with E-state index >= 15 is 0 Å². The quantitative estimate of drug-likeness (QED) is 0.575. The van der Waals surface area contributed by atoms with Gasteiger partial charge in [-0.2, -0.15) is 0 Å². The third-order valence-corrected chi connectivity index (χ3v) is 2.15. The Morgan fingerprint density at radius 1 is 1.29 bits per heavy atom. The van der Waals surface area contributed by atoms with Gasteiger partial charge in [-0.05, 0) is 0 Å². The Hall–Kier alpha value is -0.830.